The van der Waals surface area contributed by atoms with Crippen LogP contribution in [0.3, 0.4) is 0 Å². The third-order valence-corrected chi connectivity index (χ3v) is 3.73. The van der Waals surface area contributed by atoms with Crippen molar-refractivity contribution in [2.75, 3.05) is 21.2 Å². The Bertz CT molecular complexity index is 517. The van der Waals surface area contributed by atoms with Crippen molar-refractivity contribution < 1.29 is 33.2 Å². The van der Waals surface area contributed by atoms with Gasteiger partial charge in [0, 0.05) is 13.5 Å². The van der Waals surface area contributed by atoms with Crippen LogP contribution in [-0.2, 0) is 19.1 Å². The highest BCUT2D eigenvalue weighted by Gasteiger charge is 2.57. The van der Waals surface area contributed by atoms with Crippen LogP contribution in [0.25, 0.3) is 0 Å². The largest absolute Gasteiger partial charge is 0.527 e. The molecule has 0 aliphatic rings. The standard InChI is InChI=1S/C19H37N2O6/c1-13(2)12-14(15(22)20(9)25-11)21(10,16(23)26-18(3,4)5)17(24)27-19(6,7)8/h13-14H,12H2,1-11H3/q+1. The van der Waals surface area contributed by atoms with Gasteiger partial charge in [-0.2, -0.15) is 9.59 Å². The number of carbonyl (C=O) groups is 3. The molecule has 0 saturated heterocycles. The molecule has 1 unspecified atom stereocenters. The fourth-order valence-electron chi connectivity index (χ4n) is 2.32. The molecule has 0 heterocycles. The first-order chi connectivity index (χ1) is 12.0. The zero-order chi connectivity index (χ0) is 21.8. The number of amides is 3. The van der Waals surface area contributed by atoms with Crippen LogP contribution in [0.1, 0.15) is 61.8 Å². The van der Waals surface area contributed by atoms with Gasteiger partial charge >= 0.3 is 18.1 Å². The number of hydrogen-bond acceptors (Lipinski definition) is 6. The van der Waals surface area contributed by atoms with E-state index < -0.39 is 39.8 Å². The maximum Gasteiger partial charge on any atom is 0.527 e. The van der Waals surface area contributed by atoms with E-state index in [1.54, 1.807) is 41.5 Å². The minimum Gasteiger partial charge on any atom is -0.414 e. The highest BCUT2D eigenvalue weighted by molar-refractivity contribution is 5.86. The van der Waals surface area contributed by atoms with Gasteiger partial charge in [-0.3, -0.25) is 9.63 Å². The minimum absolute atomic E-state index is 0.0338. The van der Waals surface area contributed by atoms with E-state index >= 15 is 0 Å². The van der Waals surface area contributed by atoms with Crippen molar-refractivity contribution in [2.45, 2.75) is 79.1 Å². The third-order valence-electron chi connectivity index (χ3n) is 3.73. The molecule has 0 spiro atoms. The lowest BCUT2D eigenvalue weighted by molar-refractivity contribution is -0.785. The van der Waals surface area contributed by atoms with Crippen molar-refractivity contribution >= 4 is 18.1 Å². The fraction of sp³-hybridized carbons (Fsp3) is 0.842. The van der Waals surface area contributed by atoms with Crippen LogP contribution in [0.15, 0.2) is 0 Å². The summed E-state index contributed by atoms with van der Waals surface area (Å²) in [7, 11) is 4.14. The Kier molecular flexibility index (Phi) is 8.46. The second-order valence-corrected chi connectivity index (χ2v) is 9.20. The van der Waals surface area contributed by atoms with Gasteiger partial charge in [0.15, 0.2) is 6.04 Å². The molecule has 1 atom stereocenters. The van der Waals surface area contributed by atoms with Gasteiger partial charge in [0.2, 0.25) is 0 Å². The molecule has 0 aromatic rings. The molecule has 8 nitrogen and oxygen atoms in total. The number of quaternary nitrogens is 1. The lowest BCUT2D eigenvalue weighted by atomic mass is 10.00. The summed E-state index contributed by atoms with van der Waals surface area (Å²) in [5, 5.41) is 1.01. The number of likely N-dealkylation sites (N-methyl/N-ethyl adjacent to an activating group) is 2. The zero-order valence-electron chi connectivity index (χ0n) is 18.7. The molecule has 0 aromatic carbocycles. The minimum atomic E-state index is -1.06. The van der Waals surface area contributed by atoms with E-state index in [2.05, 4.69) is 0 Å². The van der Waals surface area contributed by atoms with Gasteiger partial charge in [-0.15, -0.1) is 4.48 Å². The van der Waals surface area contributed by atoms with Crippen molar-refractivity contribution in [1.29, 1.82) is 0 Å². The first-order valence-electron chi connectivity index (χ1n) is 9.10. The molecule has 0 rings (SSSR count). The summed E-state index contributed by atoms with van der Waals surface area (Å²) in [6.45, 7) is 14.0. The molecule has 0 fully saturated rings. The summed E-state index contributed by atoms with van der Waals surface area (Å²) in [6, 6.07) is -1.06. The Balaban J connectivity index is 6.32. The van der Waals surface area contributed by atoms with Gasteiger partial charge < -0.3 is 9.47 Å². The van der Waals surface area contributed by atoms with Crippen LogP contribution in [0.2, 0.25) is 0 Å². The first-order valence-corrected chi connectivity index (χ1v) is 9.10. The number of hydroxylamine groups is 2. The number of ether oxygens (including phenoxy) is 2. The van der Waals surface area contributed by atoms with Crippen molar-refractivity contribution in [3.05, 3.63) is 0 Å². The van der Waals surface area contributed by atoms with Gasteiger partial charge in [0.05, 0.1) is 14.2 Å². The molecule has 8 heteroatoms. The first kappa shape index (κ1) is 25.3. The number of carbonyl (C=O) groups excluding carboxylic acids is 3. The lowest BCUT2D eigenvalue weighted by Crippen LogP contribution is -2.66. The van der Waals surface area contributed by atoms with Gasteiger partial charge in [-0.1, -0.05) is 13.8 Å². The van der Waals surface area contributed by atoms with Crippen LogP contribution in [0.4, 0.5) is 9.59 Å². The predicted octanol–water partition coefficient (Wildman–Crippen LogP) is 3.74. The van der Waals surface area contributed by atoms with Gasteiger partial charge in [-0.05, 0) is 47.5 Å². The SMILES string of the molecule is CON(C)C(=O)C(CC(C)C)[N+](C)(C(=O)OC(C)(C)C)C(=O)OC(C)(C)C. The summed E-state index contributed by atoms with van der Waals surface area (Å²) in [4.78, 5) is 44.1. The van der Waals surface area contributed by atoms with Crippen molar-refractivity contribution in [2.24, 2.45) is 5.92 Å². The zero-order valence-corrected chi connectivity index (χ0v) is 18.7. The van der Waals surface area contributed by atoms with E-state index in [4.69, 9.17) is 14.3 Å². The molecular weight excluding hydrogens is 352 g/mol. The Hall–Kier alpha value is -1.67. The summed E-state index contributed by atoms with van der Waals surface area (Å²) in [5.74, 6) is -0.475. The van der Waals surface area contributed by atoms with E-state index in [0.29, 0.717) is 0 Å². The number of nitrogens with zero attached hydrogens (tertiary/aromatic N) is 2. The van der Waals surface area contributed by atoms with Crippen LogP contribution >= 0.6 is 0 Å². The molecule has 27 heavy (non-hydrogen) atoms. The third kappa shape index (κ3) is 7.46. The maximum atomic E-state index is 13.1. The highest BCUT2D eigenvalue weighted by atomic mass is 16.7. The van der Waals surface area contributed by atoms with Crippen molar-refractivity contribution in [3.8, 4) is 0 Å². The molecular formula is C19H37N2O6+. The summed E-state index contributed by atoms with van der Waals surface area (Å²) in [6.07, 6.45) is -1.43. The Labute approximate surface area is 163 Å². The average Bonchev–Trinajstić information content (AvgIpc) is 2.46. The van der Waals surface area contributed by atoms with Gasteiger partial charge in [-0.25, -0.2) is 5.06 Å². The maximum absolute atomic E-state index is 13.1. The summed E-state index contributed by atoms with van der Waals surface area (Å²) < 4.78 is 10.0. The smallest absolute Gasteiger partial charge is 0.414 e. The quantitative estimate of drug-likeness (QED) is 0.526. The Morgan fingerprint density at radius 3 is 1.56 bits per heavy atom. The second-order valence-electron chi connectivity index (χ2n) is 9.20. The molecule has 0 radical (unpaired) electrons. The monoisotopic (exact) mass is 389 g/mol. The van der Waals surface area contributed by atoms with E-state index in [-0.39, 0.29) is 12.3 Å². The van der Waals surface area contributed by atoms with E-state index in [1.807, 2.05) is 13.8 Å². The van der Waals surface area contributed by atoms with Crippen molar-refractivity contribution in [3.63, 3.8) is 0 Å². The van der Waals surface area contributed by atoms with E-state index in [1.165, 1.54) is 21.2 Å². The van der Waals surface area contributed by atoms with Crippen LogP contribution in [0, 0.1) is 5.92 Å². The summed E-state index contributed by atoms with van der Waals surface area (Å²) in [5.41, 5.74) is -1.67. The molecule has 0 aliphatic heterocycles. The Morgan fingerprint density at radius 2 is 1.30 bits per heavy atom. The van der Waals surface area contributed by atoms with Crippen LogP contribution in [-0.4, -0.2) is 66.1 Å². The van der Waals surface area contributed by atoms with Gasteiger partial charge in [0.25, 0.3) is 0 Å². The number of rotatable bonds is 5. The Morgan fingerprint density at radius 1 is 0.926 bits per heavy atom. The molecule has 0 aliphatic carbocycles. The van der Waals surface area contributed by atoms with Crippen LogP contribution in [0.5, 0.6) is 0 Å². The summed E-state index contributed by atoms with van der Waals surface area (Å²) >= 11 is 0. The molecule has 0 N–H and O–H groups in total. The average molecular weight is 390 g/mol. The number of hydrogen-bond donors (Lipinski definition) is 0. The van der Waals surface area contributed by atoms with E-state index in [0.717, 1.165) is 5.06 Å². The fourth-order valence-corrected chi connectivity index (χ4v) is 2.32. The molecule has 0 saturated carbocycles. The molecule has 3 amide bonds. The van der Waals surface area contributed by atoms with E-state index in [9.17, 15) is 14.4 Å². The van der Waals surface area contributed by atoms with Crippen molar-refractivity contribution in [1.82, 2.24) is 5.06 Å². The topological polar surface area (TPSA) is 82.1 Å². The second kappa shape index (κ2) is 9.01. The highest BCUT2D eigenvalue weighted by Crippen LogP contribution is 2.27. The molecule has 158 valence electrons. The molecule has 0 aromatic heterocycles. The normalized spacial score (nSPS) is 13.9. The predicted molar refractivity (Wildman–Crippen MR) is 102 cm³/mol. The van der Waals surface area contributed by atoms with Crippen LogP contribution < -0.4 is 0 Å². The lowest BCUT2D eigenvalue weighted by Gasteiger charge is -2.37. The van der Waals surface area contributed by atoms with Gasteiger partial charge in [0.1, 0.15) is 11.2 Å². The number of imide groups is 1. The molecule has 0 bridgehead atoms.